The molecular weight excluding hydrogens is 254 g/mol. The van der Waals surface area contributed by atoms with Crippen LogP contribution in [0, 0.1) is 5.41 Å². The van der Waals surface area contributed by atoms with Gasteiger partial charge in [-0.3, -0.25) is 9.59 Å². The molecule has 102 valence electrons. The van der Waals surface area contributed by atoms with Gasteiger partial charge in [0.15, 0.2) is 11.2 Å². The molecule has 0 N–H and O–H groups in total. The molecule has 2 rings (SSSR count). The van der Waals surface area contributed by atoms with Crippen LogP contribution >= 0.6 is 0 Å². The fourth-order valence-corrected chi connectivity index (χ4v) is 2.28. The number of rotatable bonds is 4. The molecule has 1 aliphatic carbocycles. The standard InChI is InChI=1S/C14H14F2O3/c15-12(16)14(8-4-7-11(14)17)13(18)19-9-10-5-2-1-3-6-10/h1-3,5-6,12H,4,7-9H2. The highest BCUT2D eigenvalue weighted by Crippen LogP contribution is 2.41. The second-order valence-electron chi connectivity index (χ2n) is 4.61. The van der Waals surface area contributed by atoms with Crippen LogP contribution in [0.5, 0.6) is 0 Å². The average Bonchev–Trinajstić information content (AvgIpc) is 2.80. The highest BCUT2D eigenvalue weighted by Gasteiger charge is 2.57. The number of benzene rings is 1. The predicted octanol–water partition coefficient (Wildman–Crippen LogP) is 2.73. The Morgan fingerprint density at radius 1 is 1.32 bits per heavy atom. The zero-order valence-corrected chi connectivity index (χ0v) is 10.3. The molecule has 0 saturated heterocycles. The Morgan fingerprint density at radius 3 is 2.53 bits per heavy atom. The van der Waals surface area contributed by atoms with Gasteiger partial charge in [0.2, 0.25) is 0 Å². The lowest BCUT2D eigenvalue weighted by atomic mass is 9.86. The van der Waals surface area contributed by atoms with Gasteiger partial charge in [-0.15, -0.1) is 0 Å². The van der Waals surface area contributed by atoms with Crippen molar-refractivity contribution in [2.75, 3.05) is 0 Å². The molecule has 3 nitrogen and oxygen atoms in total. The third kappa shape index (κ3) is 2.50. The molecule has 1 saturated carbocycles. The first-order chi connectivity index (χ1) is 9.07. The summed E-state index contributed by atoms with van der Waals surface area (Å²) in [5.41, 5.74) is -1.54. The molecule has 0 spiro atoms. The molecule has 0 aliphatic heterocycles. The summed E-state index contributed by atoms with van der Waals surface area (Å²) in [4.78, 5) is 23.5. The largest absolute Gasteiger partial charge is 0.460 e. The molecule has 19 heavy (non-hydrogen) atoms. The molecule has 1 aliphatic rings. The fourth-order valence-electron chi connectivity index (χ4n) is 2.28. The van der Waals surface area contributed by atoms with E-state index in [-0.39, 0.29) is 19.4 Å². The Morgan fingerprint density at radius 2 is 2.00 bits per heavy atom. The Hall–Kier alpha value is -1.78. The van der Waals surface area contributed by atoms with Crippen molar-refractivity contribution in [3.05, 3.63) is 35.9 Å². The van der Waals surface area contributed by atoms with Gasteiger partial charge >= 0.3 is 5.97 Å². The summed E-state index contributed by atoms with van der Waals surface area (Å²) in [6.07, 6.45) is -2.81. The van der Waals surface area contributed by atoms with Crippen LogP contribution in [0.2, 0.25) is 0 Å². The second kappa shape index (κ2) is 5.47. The Labute approximate surface area is 109 Å². The van der Waals surface area contributed by atoms with E-state index in [9.17, 15) is 18.4 Å². The van der Waals surface area contributed by atoms with E-state index in [1.54, 1.807) is 30.3 Å². The van der Waals surface area contributed by atoms with Crippen molar-refractivity contribution in [2.45, 2.75) is 32.3 Å². The van der Waals surface area contributed by atoms with Gasteiger partial charge in [0.05, 0.1) is 0 Å². The summed E-state index contributed by atoms with van der Waals surface area (Å²) in [5.74, 6) is -1.81. The number of carbonyl (C=O) groups is 2. The van der Waals surface area contributed by atoms with Gasteiger partial charge in [-0.2, -0.15) is 0 Å². The first kappa shape index (κ1) is 13.6. The monoisotopic (exact) mass is 268 g/mol. The number of ketones is 1. The van der Waals surface area contributed by atoms with E-state index >= 15 is 0 Å². The molecule has 5 heteroatoms. The van der Waals surface area contributed by atoms with Crippen molar-refractivity contribution in [2.24, 2.45) is 5.41 Å². The zero-order chi connectivity index (χ0) is 13.9. The number of carbonyl (C=O) groups excluding carboxylic acids is 2. The molecule has 0 bridgehead atoms. The van der Waals surface area contributed by atoms with Gasteiger partial charge in [-0.25, -0.2) is 8.78 Å². The Balaban J connectivity index is 2.07. The summed E-state index contributed by atoms with van der Waals surface area (Å²) < 4.78 is 31.1. The van der Waals surface area contributed by atoms with E-state index < -0.39 is 23.6 Å². The van der Waals surface area contributed by atoms with E-state index in [1.165, 1.54) is 0 Å². The molecule has 0 amide bonds. The third-order valence-electron chi connectivity index (χ3n) is 3.42. The fraction of sp³-hybridized carbons (Fsp3) is 0.429. The number of hydrogen-bond acceptors (Lipinski definition) is 3. The van der Waals surface area contributed by atoms with Crippen LogP contribution < -0.4 is 0 Å². The summed E-state index contributed by atoms with van der Waals surface area (Å²) in [7, 11) is 0. The zero-order valence-electron chi connectivity index (χ0n) is 10.3. The lowest BCUT2D eigenvalue weighted by Crippen LogP contribution is -2.43. The lowest BCUT2D eigenvalue weighted by Gasteiger charge is -2.23. The minimum absolute atomic E-state index is 0.0186. The molecule has 0 radical (unpaired) electrons. The topological polar surface area (TPSA) is 43.4 Å². The SMILES string of the molecule is O=C1CCCC1(C(=O)OCc1ccccc1)C(F)F. The summed E-state index contributed by atoms with van der Waals surface area (Å²) in [6.45, 7) is -0.0958. The van der Waals surface area contributed by atoms with E-state index in [2.05, 4.69) is 0 Å². The van der Waals surface area contributed by atoms with Crippen LogP contribution in [0.4, 0.5) is 8.78 Å². The average molecular weight is 268 g/mol. The number of esters is 1. The molecule has 1 unspecified atom stereocenters. The maximum atomic E-state index is 13.1. The van der Waals surface area contributed by atoms with Crippen LogP contribution in [0.3, 0.4) is 0 Å². The van der Waals surface area contributed by atoms with Crippen molar-refractivity contribution in [1.29, 1.82) is 0 Å². The Kier molecular flexibility index (Phi) is 3.93. The van der Waals surface area contributed by atoms with Crippen molar-refractivity contribution in [3.8, 4) is 0 Å². The normalized spacial score (nSPS) is 22.8. The molecule has 1 atom stereocenters. The van der Waals surface area contributed by atoms with E-state index in [1.807, 2.05) is 0 Å². The number of Topliss-reactive ketones (excluding diaryl/α,β-unsaturated/α-hetero) is 1. The van der Waals surface area contributed by atoms with Gasteiger partial charge in [-0.1, -0.05) is 30.3 Å². The first-order valence-electron chi connectivity index (χ1n) is 6.10. The maximum Gasteiger partial charge on any atom is 0.325 e. The summed E-state index contributed by atoms with van der Waals surface area (Å²) >= 11 is 0. The summed E-state index contributed by atoms with van der Waals surface area (Å²) in [6, 6.07) is 8.75. The predicted molar refractivity (Wildman–Crippen MR) is 63.5 cm³/mol. The van der Waals surface area contributed by atoms with Gasteiger partial charge in [-0.05, 0) is 18.4 Å². The minimum atomic E-state index is -3.01. The molecule has 1 aromatic rings. The minimum Gasteiger partial charge on any atom is -0.460 e. The molecular formula is C14H14F2O3. The number of ether oxygens (including phenoxy) is 1. The van der Waals surface area contributed by atoms with Crippen LogP contribution in [0.25, 0.3) is 0 Å². The first-order valence-corrected chi connectivity index (χ1v) is 6.10. The van der Waals surface area contributed by atoms with Gasteiger partial charge in [0.25, 0.3) is 6.43 Å². The van der Waals surface area contributed by atoms with Crippen LogP contribution in [-0.2, 0) is 20.9 Å². The van der Waals surface area contributed by atoms with Crippen molar-refractivity contribution in [3.63, 3.8) is 0 Å². The lowest BCUT2D eigenvalue weighted by molar-refractivity contribution is -0.170. The van der Waals surface area contributed by atoms with E-state index in [4.69, 9.17) is 4.74 Å². The highest BCUT2D eigenvalue weighted by molar-refractivity contribution is 6.05. The molecule has 1 fully saturated rings. The van der Waals surface area contributed by atoms with Crippen LogP contribution in [-0.4, -0.2) is 18.2 Å². The quantitative estimate of drug-likeness (QED) is 0.623. The molecule has 0 heterocycles. The summed E-state index contributed by atoms with van der Waals surface area (Å²) in [5, 5.41) is 0. The van der Waals surface area contributed by atoms with Crippen molar-refractivity contribution < 1.29 is 23.1 Å². The maximum absolute atomic E-state index is 13.1. The smallest absolute Gasteiger partial charge is 0.325 e. The van der Waals surface area contributed by atoms with Gasteiger partial charge in [0.1, 0.15) is 6.61 Å². The second-order valence-corrected chi connectivity index (χ2v) is 4.61. The van der Waals surface area contributed by atoms with Crippen molar-refractivity contribution in [1.82, 2.24) is 0 Å². The number of halogens is 2. The van der Waals surface area contributed by atoms with Gasteiger partial charge in [0, 0.05) is 6.42 Å². The van der Waals surface area contributed by atoms with E-state index in [0.29, 0.717) is 12.0 Å². The van der Waals surface area contributed by atoms with Crippen LogP contribution in [0.1, 0.15) is 24.8 Å². The molecule has 0 aromatic heterocycles. The molecule has 1 aromatic carbocycles. The Bertz CT molecular complexity index is 473. The number of alkyl halides is 2. The van der Waals surface area contributed by atoms with Gasteiger partial charge < -0.3 is 4.74 Å². The third-order valence-corrected chi connectivity index (χ3v) is 3.42. The van der Waals surface area contributed by atoms with E-state index in [0.717, 1.165) is 0 Å². The number of hydrogen-bond donors (Lipinski definition) is 0. The van der Waals surface area contributed by atoms with Crippen molar-refractivity contribution >= 4 is 11.8 Å². The highest BCUT2D eigenvalue weighted by atomic mass is 19.3. The van der Waals surface area contributed by atoms with Crippen LogP contribution in [0.15, 0.2) is 30.3 Å².